The summed E-state index contributed by atoms with van der Waals surface area (Å²) in [5.41, 5.74) is 1.72. The Bertz CT molecular complexity index is 1300. The number of methoxy groups -OCH3 is 1. The first-order valence-corrected chi connectivity index (χ1v) is 11.2. The predicted octanol–water partition coefficient (Wildman–Crippen LogP) is 4.36. The molecule has 1 heterocycles. The number of nitrogens with zero attached hydrogens (tertiary/aromatic N) is 1. The lowest BCUT2D eigenvalue weighted by Gasteiger charge is -2.06. The lowest BCUT2D eigenvalue weighted by molar-refractivity contribution is 0.102. The number of carbonyl (C=O) groups is 1. The van der Waals surface area contributed by atoms with Gasteiger partial charge < -0.3 is 10.1 Å². The molecule has 4 aromatic rings. The molecule has 0 unspecified atom stereocenters. The molecule has 0 spiro atoms. The van der Waals surface area contributed by atoms with Crippen LogP contribution < -0.4 is 14.8 Å². The number of hydrogen-bond acceptors (Lipinski definition) is 6. The summed E-state index contributed by atoms with van der Waals surface area (Å²) in [7, 11) is -2.15. The highest BCUT2D eigenvalue weighted by Crippen LogP contribution is 2.30. The van der Waals surface area contributed by atoms with Gasteiger partial charge in [0, 0.05) is 11.3 Å². The maximum absolute atomic E-state index is 12.5. The molecule has 7 nitrogen and oxygen atoms in total. The standard InChI is InChI=1S/C21H17N3O4S2/c1-28-16-10-7-14(8-11-16)20(25)22-15-9-12-18-19(13-15)29-21(23-18)24-30(26,27)17-5-3-2-4-6-17/h2-13H,1H3,(H,22,25)(H,23,24). The van der Waals surface area contributed by atoms with Crippen molar-refractivity contribution in [3.63, 3.8) is 0 Å². The summed E-state index contributed by atoms with van der Waals surface area (Å²) in [6.45, 7) is 0. The summed E-state index contributed by atoms with van der Waals surface area (Å²) in [5, 5.41) is 3.09. The predicted molar refractivity (Wildman–Crippen MR) is 118 cm³/mol. The summed E-state index contributed by atoms with van der Waals surface area (Å²) >= 11 is 1.19. The number of thiazole rings is 1. The number of aromatic nitrogens is 1. The monoisotopic (exact) mass is 439 g/mol. The zero-order chi connectivity index (χ0) is 21.1. The minimum absolute atomic E-state index is 0.164. The lowest BCUT2D eigenvalue weighted by atomic mass is 10.2. The Morgan fingerprint density at radius 1 is 1.00 bits per heavy atom. The molecule has 1 amide bonds. The summed E-state index contributed by atoms with van der Waals surface area (Å²) in [6.07, 6.45) is 0. The average molecular weight is 440 g/mol. The van der Waals surface area contributed by atoms with Crippen molar-refractivity contribution in [2.24, 2.45) is 0 Å². The van der Waals surface area contributed by atoms with E-state index in [4.69, 9.17) is 4.74 Å². The Labute approximate surface area is 177 Å². The number of anilines is 2. The fourth-order valence-electron chi connectivity index (χ4n) is 2.77. The van der Waals surface area contributed by atoms with Gasteiger partial charge in [0.1, 0.15) is 5.75 Å². The molecule has 0 radical (unpaired) electrons. The number of amides is 1. The van der Waals surface area contributed by atoms with Gasteiger partial charge in [0.2, 0.25) is 0 Å². The highest BCUT2D eigenvalue weighted by Gasteiger charge is 2.16. The molecule has 152 valence electrons. The van der Waals surface area contributed by atoms with Crippen LogP contribution in [0.1, 0.15) is 10.4 Å². The molecule has 9 heteroatoms. The van der Waals surface area contributed by atoms with Gasteiger partial charge in [-0.05, 0) is 54.6 Å². The molecule has 2 N–H and O–H groups in total. The van der Waals surface area contributed by atoms with E-state index in [1.165, 1.54) is 23.5 Å². The van der Waals surface area contributed by atoms with Crippen LogP contribution in [0.25, 0.3) is 10.2 Å². The number of rotatable bonds is 6. The lowest BCUT2D eigenvalue weighted by Crippen LogP contribution is -2.12. The van der Waals surface area contributed by atoms with Gasteiger partial charge in [-0.3, -0.25) is 9.52 Å². The summed E-state index contributed by atoms with van der Waals surface area (Å²) in [4.78, 5) is 16.9. The summed E-state index contributed by atoms with van der Waals surface area (Å²) < 4.78 is 33.3. The van der Waals surface area contributed by atoms with Crippen LogP contribution in [-0.4, -0.2) is 26.4 Å². The highest BCUT2D eigenvalue weighted by atomic mass is 32.2. The molecule has 0 aliphatic carbocycles. The maximum atomic E-state index is 12.5. The molecule has 0 saturated heterocycles. The van der Waals surface area contributed by atoms with Crippen LogP contribution in [0.4, 0.5) is 10.8 Å². The molecule has 1 aromatic heterocycles. The second kappa shape index (κ2) is 8.13. The van der Waals surface area contributed by atoms with Crippen LogP contribution in [0.3, 0.4) is 0 Å². The van der Waals surface area contributed by atoms with Crippen molar-refractivity contribution in [3.05, 3.63) is 78.4 Å². The van der Waals surface area contributed by atoms with Gasteiger partial charge in [0.15, 0.2) is 5.13 Å². The Hall–Kier alpha value is -3.43. The SMILES string of the molecule is COc1ccc(C(=O)Nc2ccc3nc(NS(=O)(=O)c4ccccc4)sc3c2)cc1. The van der Waals surface area contributed by atoms with Gasteiger partial charge in [0.05, 0.1) is 22.2 Å². The van der Waals surface area contributed by atoms with Crippen molar-refractivity contribution in [2.75, 3.05) is 17.1 Å². The molecular weight excluding hydrogens is 422 g/mol. The number of nitrogens with one attached hydrogen (secondary N) is 2. The number of hydrogen-bond donors (Lipinski definition) is 2. The molecule has 0 bridgehead atoms. The van der Waals surface area contributed by atoms with E-state index >= 15 is 0 Å². The van der Waals surface area contributed by atoms with Crippen molar-refractivity contribution in [3.8, 4) is 5.75 Å². The van der Waals surface area contributed by atoms with Crippen molar-refractivity contribution in [1.29, 1.82) is 0 Å². The van der Waals surface area contributed by atoms with E-state index in [1.54, 1.807) is 67.8 Å². The van der Waals surface area contributed by atoms with Gasteiger partial charge in [0.25, 0.3) is 15.9 Å². The first-order valence-electron chi connectivity index (χ1n) is 8.88. The number of carbonyl (C=O) groups excluding carboxylic acids is 1. The van der Waals surface area contributed by atoms with Crippen molar-refractivity contribution < 1.29 is 17.9 Å². The number of ether oxygens (including phenoxy) is 1. The largest absolute Gasteiger partial charge is 0.497 e. The summed E-state index contributed by atoms with van der Waals surface area (Å²) in [6, 6.07) is 20.1. The van der Waals surface area contributed by atoms with Gasteiger partial charge in [-0.1, -0.05) is 29.5 Å². The van der Waals surface area contributed by atoms with E-state index in [0.29, 0.717) is 22.5 Å². The second-order valence-electron chi connectivity index (χ2n) is 6.30. The normalized spacial score (nSPS) is 11.2. The van der Waals surface area contributed by atoms with E-state index in [9.17, 15) is 13.2 Å². The quantitative estimate of drug-likeness (QED) is 0.465. The van der Waals surface area contributed by atoms with E-state index in [1.807, 2.05) is 0 Å². The fraction of sp³-hybridized carbons (Fsp3) is 0.0476. The van der Waals surface area contributed by atoms with Crippen LogP contribution in [-0.2, 0) is 10.0 Å². The molecule has 3 aromatic carbocycles. The van der Waals surface area contributed by atoms with Crippen LogP contribution >= 0.6 is 11.3 Å². The Kier molecular flexibility index (Phi) is 5.39. The van der Waals surface area contributed by atoms with Gasteiger partial charge in [-0.25, -0.2) is 13.4 Å². The third-order valence-electron chi connectivity index (χ3n) is 4.27. The first kappa shape index (κ1) is 19.9. The Morgan fingerprint density at radius 3 is 2.43 bits per heavy atom. The third-order valence-corrected chi connectivity index (χ3v) is 6.69. The summed E-state index contributed by atoms with van der Waals surface area (Å²) in [5.74, 6) is 0.412. The van der Waals surface area contributed by atoms with Crippen LogP contribution in [0.2, 0.25) is 0 Å². The molecule has 0 saturated carbocycles. The fourth-order valence-corrected chi connectivity index (χ4v) is 4.93. The van der Waals surface area contributed by atoms with E-state index in [0.717, 1.165) is 4.70 Å². The van der Waals surface area contributed by atoms with Crippen molar-refractivity contribution >= 4 is 48.3 Å². The molecule has 0 fully saturated rings. The van der Waals surface area contributed by atoms with E-state index in [-0.39, 0.29) is 15.9 Å². The van der Waals surface area contributed by atoms with Gasteiger partial charge >= 0.3 is 0 Å². The minimum Gasteiger partial charge on any atom is -0.497 e. The van der Waals surface area contributed by atoms with E-state index < -0.39 is 10.0 Å². The topological polar surface area (TPSA) is 97.4 Å². The van der Waals surface area contributed by atoms with Crippen LogP contribution in [0.15, 0.2) is 77.7 Å². The Balaban J connectivity index is 1.53. The molecular formula is C21H17N3O4S2. The zero-order valence-corrected chi connectivity index (χ0v) is 17.5. The molecule has 0 aliphatic rings. The van der Waals surface area contributed by atoms with Crippen molar-refractivity contribution in [2.45, 2.75) is 4.90 Å². The average Bonchev–Trinajstić information content (AvgIpc) is 3.15. The van der Waals surface area contributed by atoms with Gasteiger partial charge in [-0.15, -0.1) is 0 Å². The molecule has 0 atom stereocenters. The highest BCUT2D eigenvalue weighted by molar-refractivity contribution is 7.93. The van der Waals surface area contributed by atoms with E-state index in [2.05, 4.69) is 15.0 Å². The maximum Gasteiger partial charge on any atom is 0.263 e. The van der Waals surface area contributed by atoms with Crippen LogP contribution in [0, 0.1) is 0 Å². The zero-order valence-electron chi connectivity index (χ0n) is 15.8. The van der Waals surface area contributed by atoms with Crippen LogP contribution in [0.5, 0.6) is 5.75 Å². The molecule has 30 heavy (non-hydrogen) atoms. The smallest absolute Gasteiger partial charge is 0.263 e. The number of sulfonamides is 1. The van der Waals surface area contributed by atoms with Gasteiger partial charge in [-0.2, -0.15) is 0 Å². The minimum atomic E-state index is -3.71. The first-order chi connectivity index (χ1) is 14.4. The number of fused-ring (bicyclic) bond motifs is 1. The van der Waals surface area contributed by atoms with Crippen molar-refractivity contribution in [1.82, 2.24) is 4.98 Å². The molecule has 4 rings (SSSR count). The third kappa shape index (κ3) is 4.27. The molecule has 0 aliphatic heterocycles. The second-order valence-corrected chi connectivity index (χ2v) is 9.02. The number of benzene rings is 3. The Morgan fingerprint density at radius 2 is 1.73 bits per heavy atom.